The third kappa shape index (κ3) is 6.35. The Morgan fingerprint density at radius 3 is 2.49 bits per heavy atom. The third-order valence-electron chi connectivity index (χ3n) is 6.58. The number of nitrogens with zero attached hydrogens (tertiary/aromatic N) is 2. The second-order valence-electron chi connectivity index (χ2n) is 11.7. The second-order valence-corrected chi connectivity index (χ2v) is 11.7. The summed E-state index contributed by atoms with van der Waals surface area (Å²) in [6, 6.07) is 18.4. The molecule has 3 aromatic heterocycles. The molecule has 3 heterocycles. The Morgan fingerprint density at radius 1 is 1.02 bits per heavy atom. The van der Waals surface area contributed by atoms with Crippen LogP contribution < -0.4 is 5.32 Å². The zero-order chi connectivity index (χ0) is 29.3. The molecule has 5 rings (SSSR count). The molecule has 0 radical (unpaired) electrons. The first-order valence-corrected chi connectivity index (χ1v) is 13.6. The first kappa shape index (κ1) is 27.8. The van der Waals surface area contributed by atoms with Crippen LogP contribution in [0, 0.1) is 11.2 Å². The first-order valence-electron chi connectivity index (χ1n) is 13.6. The number of fused-ring (bicyclic) bond motifs is 2. The summed E-state index contributed by atoms with van der Waals surface area (Å²) in [4.78, 5) is 21.0. The van der Waals surface area contributed by atoms with Crippen LogP contribution in [0.5, 0.6) is 0 Å². The van der Waals surface area contributed by atoms with E-state index in [1.165, 1.54) is 12.1 Å². The SMILES string of the molecule is C=C(C)/C=C(\C=C(/C)NC(=O)CC(C)(C)C)c1ccc2[nH]nc(-c3cc4c(-c5ccc(F)cc5)cccc4[nH]3)c2n1. The van der Waals surface area contributed by atoms with Crippen LogP contribution >= 0.6 is 0 Å². The van der Waals surface area contributed by atoms with Gasteiger partial charge in [0.2, 0.25) is 5.91 Å². The number of amides is 1. The Balaban J connectivity index is 1.53. The van der Waals surface area contributed by atoms with Crippen molar-refractivity contribution in [1.29, 1.82) is 0 Å². The third-order valence-corrected chi connectivity index (χ3v) is 6.58. The van der Waals surface area contributed by atoms with E-state index in [1.807, 2.05) is 77.1 Å². The van der Waals surface area contributed by atoms with Gasteiger partial charge in [-0.2, -0.15) is 5.10 Å². The predicted molar refractivity (Wildman–Crippen MR) is 165 cm³/mol. The van der Waals surface area contributed by atoms with Gasteiger partial charge in [-0.1, -0.05) is 63.3 Å². The van der Waals surface area contributed by atoms with Gasteiger partial charge in [0.1, 0.15) is 17.0 Å². The molecule has 6 nitrogen and oxygen atoms in total. The van der Waals surface area contributed by atoms with E-state index in [4.69, 9.17) is 4.98 Å². The molecule has 0 fully saturated rings. The fourth-order valence-electron chi connectivity index (χ4n) is 4.88. The lowest BCUT2D eigenvalue weighted by Crippen LogP contribution is -2.26. The normalized spacial score (nSPS) is 12.7. The topological polar surface area (TPSA) is 86.5 Å². The Bertz CT molecular complexity index is 1830. The molecule has 0 atom stereocenters. The second kappa shape index (κ2) is 11.0. The van der Waals surface area contributed by atoms with Gasteiger partial charge in [0.25, 0.3) is 0 Å². The van der Waals surface area contributed by atoms with Crippen LogP contribution in [-0.2, 0) is 4.79 Å². The number of nitrogens with one attached hydrogen (secondary N) is 3. The largest absolute Gasteiger partial charge is 0.353 e. The highest BCUT2D eigenvalue weighted by molar-refractivity contribution is 6.00. The molecule has 0 unspecified atom stereocenters. The van der Waals surface area contributed by atoms with Gasteiger partial charge in [0, 0.05) is 28.6 Å². The summed E-state index contributed by atoms with van der Waals surface area (Å²) in [5.41, 5.74) is 8.95. The van der Waals surface area contributed by atoms with Crippen LogP contribution in [0.4, 0.5) is 4.39 Å². The van der Waals surface area contributed by atoms with E-state index in [1.54, 1.807) is 12.1 Å². The zero-order valence-corrected chi connectivity index (χ0v) is 24.0. The number of carbonyl (C=O) groups is 1. The van der Waals surface area contributed by atoms with Crippen molar-refractivity contribution < 1.29 is 9.18 Å². The summed E-state index contributed by atoms with van der Waals surface area (Å²) in [5, 5.41) is 11.7. The van der Waals surface area contributed by atoms with Crippen molar-refractivity contribution in [3.05, 3.63) is 102 Å². The summed E-state index contributed by atoms with van der Waals surface area (Å²) >= 11 is 0. The lowest BCUT2D eigenvalue weighted by atomic mass is 9.92. The number of carbonyl (C=O) groups excluding carboxylic acids is 1. The molecule has 0 bridgehead atoms. The predicted octanol–water partition coefficient (Wildman–Crippen LogP) is 8.33. The highest BCUT2D eigenvalue weighted by Crippen LogP contribution is 2.34. The van der Waals surface area contributed by atoms with Gasteiger partial charge in [-0.15, -0.1) is 0 Å². The number of aromatic amines is 2. The average molecular weight is 548 g/mol. The van der Waals surface area contributed by atoms with Crippen molar-refractivity contribution >= 4 is 33.4 Å². The van der Waals surface area contributed by atoms with Gasteiger partial charge in [-0.05, 0) is 72.9 Å². The van der Waals surface area contributed by atoms with Gasteiger partial charge in [-0.3, -0.25) is 9.89 Å². The van der Waals surface area contributed by atoms with Gasteiger partial charge >= 0.3 is 0 Å². The summed E-state index contributed by atoms with van der Waals surface area (Å²) in [6.07, 6.45) is 4.29. The van der Waals surface area contributed by atoms with Crippen LogP contribution in [0.25, 0.3) is 50.0 Å². The van der Waals surface area contributed by atoms with Crippen molar-refractivity contribution in [2.75, 3.05) is 0 Å². The molecule has 0 aliphatic heterocycles. The van der Waals surface area contributed by atoms with Crippen LogP contribution in [0.1, 0.15) is 46.7 Å². The summed E-state index contributed by atoms with van der Waals surface area (Å²) in [6.45, 7) is 14.0. The minimum Gasteiger partial charge on any atom is -0.353 e. The van der Waals surface area contributed by atoms with Crippen LogP contribution in [0.15, 0.2) is 90.7 Å². The number of halogens is 1. The molecule has 0 aliphatic rings. The van der Waals surface area contributed by atoms with E-state index in [2.05, 4.69) is 33.1 Å². The minimum atomic E-state index is -0.266. The molecule has 0 saturated carbocycles. The van der Waals surface area contributed by atoms with Gasteiger partial charge < -0.3 is 10.3 Å². The molecule has 0 aliphatic carbocycles. The number of rotatable bonds is 7. The molecule has 7 heteroatoms. The van der Waals surface area contributed by atoms with Crippen molar-refractivity contribution in [1.82, 2.24) is 25.5 Å². The van der Waals surface area contributed by atoms with Gasteiger partial charge in [0.05, 0.1) is 16.9 Å². The zero-order valence-electron chi connectivity index (χ0n) is 24.0. The number of hydrogen-bond donors (Lipinski definition) is 3. The van der Waals surface area contributed by atoms with Crippen molar-refractivity contribution in [2.24, 2.45) is 5.41 Å². The molecule has 1 amide bonds. The lowest BCUT2D eigenvalue weighted by Gasteiger charge is -2.17. The van der Waals surface area contributed by atoms with E-state index >= 15 is 0 Å². The van der Waals surface area contributed by atoms with E-state index in [9.17, 15) is 9.18 Å². The monoisotopic (exact) mass is 547 g/mol. The number of hydrogen-bond acceptors (Lipinski definition) is 3. The smallest absolute Gasteiger partial charge is 0.224 e. The van der Waals surface area contributed by atoms with E-state index in [0.717, 1.165) is 55.8 Å². The number of aromatic nitrogens is 4. The van der Waals surface area contributed by atoms with E-state index in [-0.39, 0.29) is 17.1 Å². The quantitative estimate of drug-likeness (QED) is 0.179. The fourth-order valence-corrected chi connectivity index (χ4v) is 4.88. The molecule has 2 aromatic carbocycles. The molecular formula is C34H34FN5O. The van der Waals surface area contributed by atoms with Crippen molar-refractivity contribution in [3.8, 4) is 22.5 Å². The van der Waals surface area contributed by atoms with Crippen LogP contribution in [-0.4, -0.2) is 26.1 Å². The lowest BCUT2D eigenvalue weighted by molar-refractivity contribution is -0.122. The summed E-state index contributed by atoms with van der Waals surface area (Å²) < 4.78 is 13.5. The Labute approximate surface area is 239 Å². The maximum absolute atomic E-state index is 13.5. The Kier molecular flexibility index (Phi) is 7.45. The molecule has 41 heavy (non-hydrogen) atoms. The van der Waals surface area contributed by atoms with E-state index < -0.39 is 0 Å². The van der Waals surface area contributed by atoms with Crippen molar-refractivity contribution in [3.63, 3.8) is 0 Å². The Morgan fingerprint density at radius 2 is 1.78 bits per heavy atom. The van der Waals surface area contributed by atoms with Crippen molar-refractivity contribution in [2.45, 2.75) is 41.0 Å². The first-order chi connectivity index (χ1) is 19.5. The highest BCUT2D eigenvalue weighted by Gasteiger charge is 2.17. The molecule has 208 valence electrons. The maximum atomic E-state index is 13.5. The molecule has 5 aromatic rings. The minimum absolute atomic E-state index is 0.0275. The Hall–Kier alpha value is -4.78. The summed E-state index contributed by atoms with van der Waals surface area (Å²) in [5.74, 6) is -0.293. The molecular weight excluding hydrogens is 513 g/mol. The molecule has 3 N–H and O–H groups in total. The number of benzene rings is 2. The van der Waals surface area contributed by atoms with Crippen LogP contribution in [0.3, 0.4) is 0 Å². The van der Waals surface area contributed by atoms with Crippen LogP contribution in [0.2, 0.25) is 0 Å². The number of H-pyrrole nitrogens is 2. The van der Waals surface area contributed by atoms with Gasteiger partial charge in [0.15, 0.2) is 0 Å². The average Bonchev–Trinajstić information content (AvgIpc) is 3.51. The molecule has 0 spiro atoms. The fraction of sp³-hybridized carbons (Fsp3) is 0.206. The highest BCUT2D eigenvalue weighted by atomic mass is 19.1. The van der Waals surface area contributed by atoms with E-state index in [0.29, 0.717) is 17.6 Å². The summed E-state index contributed by atoms with van der Waals surface area (Å²) in [7, 11) is 0. The number of allylic oxidation sites excluding steroid dienone is 5. The molecule has 0 saturated heterocycles. The standard InChI is InChI=1S/C34H34FN5O/c1-20(2)16-23(17-21(3)36-31(41)19-34(4,5)6)27-14-15-29-32(38-27)33(40-39-29)30-18-26-25(8-7-9-28(26)37-30)22-10-12-24(35)13-11-22/h7-18,37H,1,19H2,2-6H3,(H,36,41)(H,39,40)/b21-17+,23-16+. The maximum Gasteiger partial charge on any atom is 0.224 e. The number of pyridine rings is 1. The van der Waals surface area contributed by atoms with Gasteiger partial charge in [-0.25, -0.2) is 9.37 Å².